The van der Waals surface area contributed by atoms with Crippen LogP contribution in [0.15, 0.2) is 11.2 Å². The molecule has 1 saturated heterocycles. The van der Waals surface area contributed by atoms with Gasteiger partial charge in [-0.2, -0.15) is 0 Å². The van der Waals surface area contributed by atoms with E-state index in [9.17, 15) is 0 Å². The fourth-order valence-corrected chi connectivity index (χ4v) is 3.52. The Labute approximate surface area is 161 Å². The molecule has 2 N–H and O–H groups in total. The molecule has 0 saturated carbocycles. The van der Waals surface area contributed by atoms with E-state index < -0.39 is 0 Å². The lowest BCUT2D eigenvalue weighted by Crippen LogP contribution is -2.41. The molecule has 0 bridgehead atoms. The van der Waals surface area contributed by atoms with E-state index in [2.05, 4.69) is 39.4 Å². The van der Waals surface area contributed by atoms with Crippen LogP contribution < -0.4 is 10.6 Å². The van der Waals surface area contributed by atoms with Gasteiger partial charge in [0, 0.05) is 31.2 Å². The normalized spacial score (nSPS) is 16.9. The summed E-state index contributed by atoms with van der Waals surface area (Å²) in [7, 11) is 1.82. The molecule has 7 heteroatoms. The fraction of sp³-hybridized carbons (Fsp3) is 0.750. The third-order valence-corrected chi connectivity index (χ3v) is 5.11. The van der Waals surface area contributed by atoms with Crippen molar-refractivity contribution in [3.63, 3.8) is 0 Å². The molecular weight excluding hydrogens is 421 g/mol. The summed E-state index contributed by atoms with van der Waals surface area (Å²) in [5, 5.41) is 7.88. The maximum Gasteiger partial charge on any atom is 0.191 e. The first-order chi connectivity index (χ1) is 10.7. The molecule has 1 fully saturated rings. The van der Waals surface area contributed by atoms with E-state index in [0.717, 1.165) is 30.5 Å². The summed E-state index contributed by atoms with van der Waals surface area (Å²) in [6, 6.07) is 0. The van der Waals surface area contributed by atoms with E-state index in [1.165, 1.54) is 37.4 Å². The summed E-state index contributed by atoms with van der Waals surface area (Å²) in [5.74, 6) is 1.49. The van der Waals surface area contributed by atoms with Crippen LogP contribution in [0.25, 0.3) is 0 Å². The average molecular weight is 451 g/mol. The number of halogens is 1. The number of hydrogen-bond acceptors (Lipinski definition) is 4. The summed E-state index contributed by atoms with van der Waals surface area (Å²) in [4.78, 5) is 12.6. The Morgan fingerprint density at radius 2 is 2.13 bits per heavy atom. The Balaban J connectivity index is 0.00000264. The minimum Gasteiger partial charge on any atom is -0.356 e. The van der Waals surface area contributed by atoms with Gasteiger partial charge in [-0.1, -0.05) is 13.8 Å². The van der Waals surface area contributed by atoms with Crippen LogP contribution in [0.5, 0.6) is 0 Å². The zero-order chi connectivity index (χ0) is 15.8. The highest BCUT2D eigenvalue weighted by atomic mass is 127. The van der Waals surface area contributed by atoms with Gasteiger partial charge in [0.25, 0.3) is 0 Å². The number of aryl methyl sites for hydroxylation is 1. The third kappa shape index (κ3) is 7.34. The lowest BCUT2D eigenvalue weighted by molar-refractivity contribution is 0.287. The Hall–Kier alpha value is -0.410. The standard InChI is InChI=1S/C16H29N5S.HI/c1-4-14-10-18-15(22-14)11-20-16(17-3)19-9-13(2)12-21-7-5-6-8-21;/h10,13H,4-9,11-12H2,1-3H3,(H2,17,19,20);1H. The maximum absolute atomic E-state index is 4.42. The maximum atomic E-state index is 4.42. The lowest BCUT2D eigenvalue weighted by atomic mass is 10.1. The molecule has 132 valence electrons. The molecule has 1 aliphatic heterocycles. The molecule has 1 unspecified atom stereocenters. The van der Waals surface area contributed by atoms with Gasteiger partial charge in [-0.05, 0) is 38.3 Å². The molecule has 1 atom stereocenters. The number of likely N-dealkylation sites (tertiary alicyclic amines) is 1. The van der Waals surface area contributed by atoms with Gasteiger partial charge >= 0.3 is 0 Å². The number of nitrogens with zero attached hydrogens (tertiary/aromatic N) is 3. The minimum atomic E-state index is 0. The smallest absolute Gasteiger partial charge is 0.191 e. The van der Waals surface area contributed by atoms with Gasteiger partial charge in [-0.15, -0.1) is 35.3 Å². The van der Waals surface area contributed by atoms with Gasteiger partial charge in [-0.3, -0.25) is 4.99 Å². The van der Waals surface area contributed by atoms with Crippen LogP contribution in [0, 0.1) is 5.92 Å². The predicted molar refractivity (Wildman–Crippen MR) is 110 cm³/mol. The summed E-state index contributed by atoms with van der Waals surface area (Å²) in [6.07, 6.45) is 5.74. The molecule has 0 radical (unpaired) electrons. The van der Waals surface area contributed by atoms with Crippen molar-refractivity contribution in [3.05, 3.63) is 16.1 Å². The molecule has 5 nitrogen and oxygen atoms in total. The van der Waals surface area contributed by atoms with Crippen molar-refractivity contribution in [1.29, 1.82) is 0 Å². The number of thiazole rings is 1. The van der Waals surface area contributed by atoms with E-state index in [-0.39, 0.29) is 24.0 Å². The van der Waals surface area contributed by atoms with E-state index >= 15 is 0 Å². The van der Waals surface area contributed by atoms with Crippen molar-refractivity contribution in [2.75, 3.05) is 33.2 Å². The van der Waals surface area contributed by atoms with Crippen LogP contribution in [0.1, 0.15) is 36.6 Å². The molecule has 0 amide bonds. The summed E-state index contributed by atoms with van der Waals surface area (Å²) in [5.41, 5.74) is 0. The number of aliphatic imine (C=N–C) groups is 1. The van der Waals surface area contributed by atoms with E-state index in [1.54, 1.807) is 11.3 Å². The third-order valence-electron chi connectivity index (χ3n) is 3.97. The second-order valence-corrected chi connectivity index (χ2v) is 7.19. The van der Waals surface area contributed by atoms with Crippen molar-refractivity contribution >= 4 is 41.3 Å². The van der Waals surface area contributed by atoms with Crippen molar-refractivity contribution in [2.45, 2.75) is 39.7 Å². The zero-order valence-electron chi connectivity index (χ0n) is 14.5. The average Bonchev–Trinajstić information content (AvgIpc) is 3.18. The van der Waals surface area contributed by atoms with E-state index in [4.69, 9.17) is 0 Å². The number of hydrogen-bond donors (Lipinski definition) is 2. The van der Waals surface area contributed by atoms with Gasteiger partial charge in [-0.25, -0.2) is 4.98 Å². The second-order valence-electron chi connectivity index (χ2n) is 5.99. The molecule has 2 rings (SSSR count). The van der Waals surface area contributed by atoms with Crippen LogP contribution in [0.3, 0.4) is 0 Å². The van der Waals surface area contributed by atoms with Crippen molar-refractivity contribution < 1.29 is 0 Å². The minimum absolute atomic E-state index is 0. The number of aromatic nitrogens is 1. The predicted octanol–water partition coefficient (Wildman–Crippen LogP) is 2.72. The molecule has 1 aliphatic rings. The van der Waals surface area contributed by atoms with E-state index in [1.807, 2.05) is 13.2 Å². The first-order valence-corrected chi connectivity index (χ1v) is 9.13. The van der Waals surface area contributed by atoms with Crippen LogP contribution in [-0.4, -0.2) is 49.1 Å². The molecule has 23 heavy (non-hydrogen) atoms. The van der Waals surface area contributed by atoms with Crippen LogP contribution in [0.2, 0.25) is 0 Å². The molecule has 1 aromatic heterocycles. The monoisotopic (exact) mass is 451 g/mol. The Morgan fingerprint density at radius 3 is 2.74 bits per heavy atom. The molecule has 0 aliphatic carbocycles. The molecular formula is C16H30IN5S. The number of guanidine groups is 1. The molecule has 1 aromatic rings. The number of nitrogens with one attached hydrogen (secondary N) is 2. The quantitative estimate of drug-likeness (QED) is 0.380. The number of rotatable bonds is 7. The first-order valence-electron chi connectivity index (χ1n) is 8.31. The zero-order valence-corrected chi connectivity index (χ0v) is 17.6. The van der Waals surface area contributed by atoms with E-state index in [0.29, 0.717) is 5.92 Å². The Morgan fingerprint density at radius 1 is 1.39 bits per heavy atom. The summed E-state index contributed by atoms with van der Waals surface area (Å²) in [6.45, 7) is 9.86. The largest absolute Gasteiger partial charge is 0.356 e. The second kappa shape index (κ2) is 11.2. The summed E-state index contributed by atoms with van der Waals surface area (Å²) >= 11 is 1.77. The van der Waals surface area contributed by atoms with Crippen LogP contribution in [0.4, 0.5) is 0 Å². The highest BCUT2D eigenvalue weighted by Gasteiger charge is 2.14. The van der Waals surface area contributed by atoms with Crippen molar-refractivity contribution in [1.82, 2.24) is 20.5 Å². The molecule has 2 heterocycles. The van der Waals surface area contributed by atoms with Crippen LogP contribution >= 0.6 is 35.3 Å². The van der Waals surface area contributed by atoms with Gasteiger partial charge in [0.05, 0.1) is 6.54 Å². The topological polar surface area (TPSA) is 52.6 Å². The van der Waals surface area contributed by atoms with Crippen molar-refractivity contribution in [2.24, 2.45) is 10.9 Å². The molecule has 0 spiro atoms. The Bertz CT molecular complexity index is 471. The SMILES string of the molecule is CCc1cnc(CNC(=NC)NCC(C)CN2CCCC2)s1.I. The summed E-state index contributed by atoms with van der Waals surface area (Å²) < 4.78 is 0. The van der Waals surface area contributed by atoms with Gasteiger partial charge in [0.1, 0.15) is 5.01 Å². The highest BCUT2D eigenvalue weighted by molar-refractivity contribution is 14.0. The fourth-order valence-electron chi connectivity index (χ4n) is 2.71. The van der Waals surface area contributed by atoms with Crippen LogP contribution in [-0.2, 0) is 13.0 Å². The lowest BCUT2D eigenvalue weighted by Gasteiger charge is -2.21. The highest BCUT2D eigenvalue weighted by Crippen LogP contribution is 2.13. The van der Waals surface area contributed by atoms with Gasteiger partial charge < -0.3 is 15.5 Å². The Kier molecular flexibility index (Phi) is 10.0. The molecule has 0 aromatic carbocycles. The van der Waals surface area contributed by atoms with Gasteiger partial charge in [0.2, 0.25) is 0 Å². The first kappa shape index (κ1) is 20.6. The van der Waals surface area contributed by atoms with Gasteiger partial charge in [0.15, 0.2) is 5.96 Å². The van der Waals surface area contributed by atoms with Crippen molar-refractivity contribution in [3.8, 4) is 0 Å².